The van der Waals surface area contributed by atoms with Gasteiger partial charge in [0.15, 0.2) is 6.10 Å². The summed E-state index contributed by atoms with van der Waals surface area (Å²) in [6, 6.07) is 8.38. The van der Waals surface area contributed by atoms with Crippen molar-refractivity contribution < 1.29 is 14.7 Å². The number of carbonyl (C=O) groups is 2. The molecule has 0 heterocycles. The molecule has 3 N–H and O–H groups in total. The van der Waals surface area contributed by atoms with E-state index in [2.05, 4.69) is 0 Å². The molecule has 18 heavy (non-hydrogen) atoms. The Labute approximate surface area is 106 Å². The summed E-state index contributed by atoms with van der Waals surface area (Å²) in [5.41, 5.74) is 5.59. The third kappa shape index (κ3) is 3.56. The van der Waals surface area contributed by atoms with Crippen molar-refractivity contribution >= 4 is 11.8 Å². The van der Waals surface area contributed by atoms with E-state index in [4.69, 9.17) is 5.73 Å². The minimum Gasteiger partial charge on any atom is -0.378 e. The van der Waals surface area contributed by atoms with Crippen LogP contribution in [0, 0.1) is 0 Å². The van der Waals surface area contributed by atoms with Crippen molar-refractivity contribution in [2.24, 2.45) is 5.73 Å². The molecule has 0 saturated heterocycles. The molecule has 0 saturated carbocycles. The number of benzene rings is 1. The monoisotopic (exact) mass is 250 g/mol. The highest BCUT2D eigenvalue weighted by atomic mass is 16.3. The van der Waals surface area contributed by atoms with E-state index in [0.29, 0.717) is 5.56 Å². The molecule has 1 aromatic rings. The van der Waals surface area contributed by atoms with Crippen LogP contribution in [0.25, 0.3) is 0 Å². The number of rotatable bonds is 5. The summed E-state index contributed by atoms with van der Waals surface area (Å²) in [5.74, 6) is -1.12. The third-order valence-corrected chi connectivity index (χ3v) is 2.58. The minimum atomic E-state index is -1.27. The fourth-order valence-corrected chi connectivity index (χ4v) is 1.62. The summed E-state index contributed by atoms with van der Waals surface area (Å²) >= 11 is 0. The zero-order chi connectivity index (χ0) is 13.7. The highest BCUT2D eigenvalue weighted by Crippen LogP contribution is 2.16. The molecule has 0 radical (unpaired) electrons. The first kappa shape index (κ1) is 14.2. The summed E-state index contributed by atoms with van der Waals surface area (Å²) in [5, 5.41) is 9.98. The topological polar surface area (TPSA) is 83.6 Å². The Morgan fingerprint density at radius 1 is 1.28 bits per heavy atom. The van der Waals surface area contributed by atoms with Gasteiger partial charge >= 0.3 is 0 Å². The first-order valence-electron chi connectivity index (χ1n) is 5.75. The quantitative estimate of drug-likeness (QED) is 0.795. The number of aliphatic hydroxyl groups is 1. The first-order valence-corrected chi connectivity index (χ1v) is 5.75. The zero-order valence-electron chi connectivity index (χ0n) is 10.5. The Balaban J connectivity index is 2.86. The van der Waals surface area contributed by atoms with Crippen LogP contribution < -0.4 is 5.73 Å². The van der Waals surface area contributed by atoms with Crippen molar-refractivity contribution in [3.8, 4) is 0 Å². The molecular weight excluding hydrogens is 232 g/mol. The summed E-state index contributed by atoms with van der Waals surface area (Å²) in [4.78, 5) is 24.3. The summed E-state index contributed by atoms with van der Waals surface area (Å²) < 4.78 is 0. The van der Waals surface area contributed by atoms with Crippen LogP contribution in [-0.2, 0) is 9.59 Å². The molecule has 1 unspecified atom stereocenters. The van der Waals surface area contributed by atoms with Crippen LogP contribution in [0.2, 0.25) is 0 Å². The number of amides is 2. The second kappa shape index (κ2) is 6.16. The maximum absolute atomic E-state index is 12.1. The van der Waals surface area contributed by atoms with Crippen molar-refractivity contribution in [3.05, 3.63) is 35.9 Å². The van der Waals surface area contributed by atoms with Gasteiger partial charge in [-0.25, -0.2) is 0 Å². The van der Waals surface area contributed by atoms with E-state index in [0.717, 1.165) is 0 Å². The molecule has 0 aliphatic heterocycles. The normalized spacial score (nSPS) is 12.2. The summed E-state index contributed by atoms with van der Waals surface area (Å²) in [6.45, 7) is 3.33. The van der Waals surface area contributed by atoms with Crippen LogP contribution in [0.15, 0.2) is 30.3 Å². The predicted molar refractivity (Wildman–Crippen MR) is 67.4 cm³/mol. The van der Waals surface area contributed by atoms with E-state index in [-0.39, 0.29) is 12.6 Å². The van der Waals surface area contributed by atoms with Crippen LogP contribution in [0.4, 0.5) is 0 Å². The average Bonchev–Trinajstić information content (AvgIpc) is 2.34. The lowest BCUT2D eigenvalue weighted by Gasteiger charge is -2.27. The lowest BCUT2D eigenvalue weighted by molar-refractivity contribution is -0.144. The highest BCUT2D eigenvalue weighted by Gasteiger charge is 2.26. The lowest BCUT2D eigenvalue weighted by Crippen LogP contribution is -2.45. The molecule has 5 nitrogen and oxygen atoms in total. The maximum Gasteiger partial charge on any atom is 0.256 e. The Morgan fingerprint density at radius 2 is 1.83 bits per heavy atom. The van der Waals surface area contributed by atoms with Gasteiger partial charge in [-0.15, -0.1) is 0 Å². The number of primary amides is 1. The van der Waals surface area contributed by atoms with Crippen LogP contribution in [0.3, 0.4) is 0 Å². The molecule has 5 heteroatoms. The Hall–Kier alpha value is -1.88. The first-order chi connectivity index (χ1) is 8.43. The maximum atomic E-state index is 12.1. The van der Waals surface area contributed by atoms with Gasteiger partial charge in [-0.3, -0.25) is 9.59 Å². The molecule has 0 aliphatic rings. The van der Waals surface area contributed by atoms with Crippen LogP contribution in [0.1, 0.15) is 25.5 Å². The van der Waals surface area contributed by atoms with Gasteiger partial charge in [-0.2, -0.15) is 0 Å². The van der Waals surface area contributed by atoms with E-state index >= 15 is 0 Å². The van der Waals surface area contributed by atoms with Crippen LogP contribution in [-0.4, -0.2) is 34.4 Å². The van der Waals surface area contributed by atoms with Crippen LogP contribution >= 0.6 is 0 Å². The van der Waals surface area contributed by atoms with Crippen molar-refractivity contribution in [3.63, 3.8) is 0 Å². The van der Waals surface area contributed by atoms with Gasteiger partial charge in [-0.05, 0) is 19.4 Å². The Bertz CT molecular complexity index is 418. The summed E-state index contributed by atoms with van der Waals surface area (Å²) in [7, 11) is 0. The molecule has 0 fully saturated rings. The van der Waals surface area contributed by atoms with Gasteiger partial charge < -0.3 is 15.7 Å². The number of nitrogens with zero attached hydrogens (tertiary/aromatic N) is 1. The van der Waals surface area contributed by atoms with E-state index in [1.807, 2.05) is 0 Å². The number of nitrogens with two attached hydrogens (primary N) is 1. The lowest BCUT2D eigenvalue weighted by atomic mass is 10.1. The van der Waals surface area contributed by atoms with Crippen molar-refractivity contribution in [1.82, 2.24) is 4.90 Å². The zero-order valence-corrected chi connectivity index (χ0v) is 10.5. The van der Waals surface area contributed by atoms with E-state index < -0.39 is 17.9 Å². The van der Waals surface area contributed by atoms with Crippen molar-refractivity contribution in [2.75, 3.05) is 6.54 Å². The molecule has 0 aliphatic carbocycles. The average molecular weight is 250 g/mol. The second-order valence-corrected chi connectivity index (χ2v) is 4.34. The molecule has 2 amide bonds. The van der Waals surface area contributed by atoms with Gasteiger partial charge in [0, 0.05) is 6.04 Å². The van der Waals surface area contributed by atoms with E-state index in [9.17, 15) is 14.7 Å². The number of hydrogen-bond acceptors (Lipinski definition) is 3. The molecule has 1 rings (SSSR count). The minimum absolute atomic E-state index is 0.194. The molecule has 0 aromatic heterocycles. The number of carbonyl (C=O) groups excluding carboxylic acids is 2. The van der Waals surface area contributed by atoms with Gasteiger partial charge in [-0.1, -0.05) is 30.3 Å². The van der Waals surface area contributed by atoms with Gasteiger partial charge in [0.05, 0.1) is 6.54 Å². The van der Waals surface area contributed by atoms with Crippen LogP contribution in [0.5, 0.6) is 0 Å². The summed E-state index contributed by atoms with van der Waals surface area (Å²) in [6.07, 6.45) is -1.27. The van der Waals surface area contributed by atoms with Gasteiger partial charge in [0.25, 0.3) is 5.91 Å². The highest BCUT2D eigenvalue weighted by molar-refractivity contribution is 5.87. The smallest absolute Gasteiger partial charge is 0.256 e. The molecule has 0 bridgehead atoms. The fraction of sp³-hybridized carbons (Fsp3) is 0.385. The van der Waals surface area contributed by atoms with Gasteiger partial charge in [0.2, 0.25) is 5.91 Å². The molecule has 0 spiro atoms. The predicted octanol–water partition coefficient (Wildman–Crippen LogP) is 0.442. The SMILES string of the molecule is CC(C)N(CC(N)=O)C(=O)C(O)c1ccccc1. The molecular formula is C13H18N2O3. The molecule has 1 atom stereocenters. The Morgan fingerprint density at radius 3 is 2.28 bits per heavy atom. The third-order valence-electron chi connectivity index (χ3n) is 2.58. The number of hydrogen-bond donors (Lipinski definition) is 2. The fourth-order valence-electron chi connectivity index (χ4n) is 1.62. The second-order valence-electron chi connectivity index (χ2n) is 4.34. The van der Waals surface area contributed by atoms with E-state index in [1.54, 1.807) is 44.2 Å². The Kier molecular flexibility index (Phi) is 4.85. The molecule has 98 valence electrons. The van der Waals surface area contributed by atoms with Crippen molar-refractivity contribution in [1.29, 1.82) is 0 Å². The number of aliphatic hydroxyl groups excluding tert-OH is 1. The standard InChI is InChI=1S/C13H18N2O3/c1-9(2)15(8-11(14)16)13(18)12(17)10-6-4-3-5-7-10/h3-7,9,12,17H,8H2,1-2H3,(H2,14,16). The molecule has 1 aromatic carbocycles. The van der Waals surface area contributed by atoms with Crippen molar-refractivity contribution in [2.45, 2.75) is 26.0 Å². The van der Waals surface area contributed by atoms with E-state index in [1.165, 1.54) is 4.90 Å². The van der Waals surface area contributed by atoms with Gasteiger partial charge in [0.1, 0.15) is 0 Å². The largest absolute Gasteiger partial charge is 0.378 e.